The van der Waals surface area contributed by atoms with Crippen molar-refractivity contribution in [3.63, 3.8) is 0 Å². The van der Waals surface area contributed by atoms with Gasteiger partial charge in [0.1, 0.15) is 12.1 Å². The van der Waals surface area contributed by atoms with Crippen LogP contribution >= 0.6 is 0 Å². The van der Waals surface area contributed by atoms with Crippen LogP contribution in [0.2, 0.25) is 0 Å². The van der Waals surface area contributed by atoms with E-state index in [2.05, 4.69) is 67.5 Å². The van der Waals surface area contributed by atoms with Crippen LogP contribution in [0.15, 0.2) is 91.6 Å². The maximum absolute atomic E-state index is 12.6. The maximum atomic E-state index is 12.6. The number of amides is 1. The van der Waals surface area contributed by atoms with Gasteiger partial charge >= 0.3 is 0 Å². The number of carbonyl (C=O) groups excluding carboxylic acids is 1. The Labute approximate surface area is 199 Å². The number of hydrogen-bond donors (Lipinski definition) is 1. The number of piperazine rings is 1. The Balaban J connectivity index is 1.10. The Hall–Kier alpha value is -3.81. The number of nitrogens with one attached hydrogen (secondary N) is 1. The van der Waals surface area contributed by atoms with E-state index >= 15 is 0 Å². The van der Waals surface area contributed by atoms with Gasteiger partial charge in [-0.25, -0.2) is 9.97 Å². The molecule has 2 aromatic carbocycles. The Morgan fingerprint density at radius 1 is 0.824 bits per heavy atom. The lowest BCUT2D eigenvalue weighted by molar-refractivity contribution is 0.102. The molecule has 1 aliphatic rings. The number of pyridine rings is 1. The van der Waals surface area contributed by atoms with Gasteiger partial charge in [0, 0.05) is 63.5 Å². The summed E-state index contributed by atoms with van der Waals surface area (Å²) >= 11 is 0. The third-order valence-corrected chi connectivity index (χ3v) is 6.11. The van der Waals surface area contributed by atoms with Crippen molar-refractivity contribution in [2.24, 2.45) is 0 Å². The van der Waals surface area contributed by atoms with Gasteiger partial charge in [0.2, 0.25) is 0 Å². The molecule has 3 heterocycles. The van der Waals surface area contributed by atoms with Crippen molar-refractivity contribution in [2.45, 2.75) is 13.1 Å². The number of imidazole rings is 1. The molecule has 0 bridgehead atoms. The number of hydrogen-bond acceptors (Lipinski definition) is 5. The topological polar surface area (TPSA) is 66.3 Å². The summed E-state index contributed by atoms with van der Waals surface area (Å²) in [6.07, 6.45) is 6.76. The lowest BCUT2D eigenvalue weighted by Crippen LogP contribution is -2.45. The first-order valence-electron chi connectivity index (χ1n) is 11.6. The van der Waals surface area contributed by atoms with Crippen molar-refractivity contribution in [1.29, 1.82) is 0 Å². The summed E-state index contributed by atoms with van der Waals surface area (Å²) in [6, 6.07) is 22.3. The molecule has 1 amide bonds. The van der Waals surface area contributed by atoms with E-state index in [1.807, 2.05) is 18.3 Å². The Kier molecular flexibility index (Phi) is 6.74. The fraction of sp³-hybridized carbons (Fsp3) is 0.222. The van der Waals surface area contributed by atoms with Crippen molar-refractivity contribution in [3.8, 4) is 5.82 Å². The van der Waals surface area contributed by atoms with Gasteiger partial charge < -0.3 is 5.32 Å². The molecule has 0 saturated carbocycles. The summed E-state index contributed by atoms with van der Waals surface area (Å²) in [5.41, 5.74) is 3.92. The summed E-state index contributed by atoms with van der Waals surface area (Å²) in [7, 11) is 0. The van der Waals surface area contributed by atoms with Crippen molar-refractivity contribution in [1.82, 2.24) is 24.3 Å². The summed E-state index contributed by atoms with van der Waals surface area (Å²) in [5.74, 6) is 0.547. The highest BCUT2D eigenvalue weighted by atomic mass is 16.1. The molecule has 4 aromatic rings. The van der Waals surface area contributed by atoms with Crippen LogP contribution in [0.25, 0.3) is 5.82 Å². The number of nitrogens with zero attached hydrogens (tertiary/aromatic N) is 5. The average Bonchev–Trinajstić information content (AvgIpc) is 3.42. The van der Waals surface area contributed by atoms with Gasteiger partial charge in [-0.1, -0.05) is 42.5 Å². The van der Waals surface area contributed by atoms with Gasteiger partial charge in [0.05, 0.1) is 5.56 Å². The van der Waals surface area contributed by atoms with Crippen LogP contribution in [-0.4, -0.2) is 56.4 Å². The second-order valence-electron chi connectivity index (χ2n) is 8.56. The Morgan fingerprint density at radius 3 is 2.09 bits per heavy atom. The van der Waals surface area contributed by atoms with E-state index in [1.165, 1.54) is 11.1 Å². The van der Waals surface area contributed by atoms with Crippen LogP contribution in [0.3, 0.4) is 0 Å². The Morgan fingerprint density at radius 2 is 1.50 bits per heavy atom. The molecule has 1 aliphatic heterocycles. The quantitative estimate of drug-likeness (QED) is 0.462. The van der Waals surface area contributed by atoms with E-state index in [0.717, 1.165) is 50.8 Å². The number of rotatable bonds is 7. The van der Waals surface area contributed by atoms with Crippen LogP contribution in [0.5, 0.6) is 0 Å². The maximum Gasteiger partial charge on any atom is 0.257 e. The normalized spacial score (nSPS) is 14.7. The van der Waals surface area contributed by atoms with Crippen LogP contribution in [0, 0.1) is 0 Å². The molecular weight excluding hydrogens is 424 g/mol. The summed E-state index contributed by atoms with van der Waals surface area (Å²) < 4.78 is 1.80. The monoisotopic (exact) mass is 452 g/mol. The van der Waals surface area contributed by atoms with Crippen molar-refractivity contribution < 1.29 is 4.79 Å². The zero-order valence-electron chi connectivity index (χ0n) is 19.0. The number of anilines is 1. The molecule has 2 aromatic heterocycles. The van der Waals surface area contributed by atoms with Gasteiger partial charge in [-0.05, 0) is 35.4 Å². The zero-order chi connectivity index (χ0) is 23.2. The van der Waals surface area contributed by atoms with Crippen LogP contribution in [-0.2, 0) is 13.1 Å². The highest BCUT2D eigenvalue weighted by Crippen LogP contribution is 2.15. The van der Waals surface area contributed by atoms with Gasteiger partial charge in [0.25, 0.3) is 5.91 Å². The molecule has 7 heteroatoms. The molecular formula is C27H28N6O. The van der Waals surface area contributed by atoms with Crippen LogP contribution in [0.1, 0.15) is 21.5 Å². The smallest absolute Gasteiger partial charge is 0.257 e. The van der Waals surface area contributed by atoms with Gasteiger partial charge in [-0.3, -0.25) is 19.2 Å². The van der Waals surface area contributed by atoms with E-state index in [-0.39, 0.29) is 5.91 Å². The zero-order valence-corrected chi connectivity index (χ0v) is 19.0. The lowest BCUT2D eigenvalue weighted by atomic mass is 10.1. The van der Waals surface area contributed by atoms with Crippen molar-refractivity contribution in [2.75, 3.05) is 31.5 Å². The van der Waals surface area contributed by atoms with E-state index in [1.54, 1.807) is 35.4 Å². The second-order valence-corrected chi connectivity index (χ2v) is 8.56. The van der Waals surface area contributed by atoms with E-state index < -0.39 is 0 Å². The molecule has 7 nitrogen and oxygen atoms in total. The molecule has 1 saturated heterocycles. The third-order valence-electron chi connectivity index (χ3n) is 6.11. The SMILES string of the molecule is O=C(Nc1ccc(CN2CCN(Cc3ccccc3)CC2)cc1)c1ccc(-n2ccnc2)nc1. The average molecular weight is 453 g/mol. The number of aromatic nitrogens is 3. The molecule has 1 fully saturated rings. The van der Waals surface area contributed by atoms with Crippen LogP contribution in [0.4, 0.5) is 5.69 Å². The van der Waals surface area contributed by atoms with E-state index in [4.69, 9.17) is 0 Å². The van der Waals surface area contributed by atoms with Crippen molar-refractivity contribution in [3.05, 3.63) is 108 Å². The summed E-state index contributed by atoms with van der Waals surface area (Å²) in [6.45, 7) is 6.23. The summed E-state index contributed by atoms with van der Waals surface area (Å²) in [5, 5.41) is 2.95. The minimum atomic E-state index is -0.174. The standard InChI is InChI=1S/C27H28N6O/c34-27(24-8-11-26(29-18-24)33-13-12-28-21-33)30-25-9-6-23(7-10-25)20-32-16-14-31(15-17-32)19-22-4-2-1-3-5-22/h1-13,18,21H,14-17,19-20H2,(H,30,34). The number of carbonyl (C=O) groups is 1. The first kappa shape index (κ1) is 22.0. The minimum absolute atomic E-state index is 0.174. The molecule has 0 spiro atoms. The minimum Gasteiger partial charge on any atom is -0.322 e. The molecule has 1 N–H and O–H groups in total. The first-order chi connectivity index (χ1) is 16.7. The second kappa shape index (κ2) is 10.4. The van der Waals surface area contributed by atoms with Crippen molar-refractivity contribution >= 4 is 11.6 Å². The lowest BCUT2D eigenvalue weighted by Gasteiger charge is -2.34. The van der Waals surface area contributed by atoms with Gasteiger partial charge in [-0.2, -0.15) is 0 Å². The Bertz CT molecular complexity index is 1180. The molecule has 0 atom stereocenters. The molecule has 0 aliphatic carbocycles. The van der Waals surface area contributed by atoms with E-state index in [0.29, 0.717) is 5.56 Å². The molecule has 172 valence electrons. The highest BCUT2D eigenvalue weighted by molar-refractivity contribution is 6.04. The van der Waals surface area contributed by atoms with Gasteiger partial charge in [-0.15, -0.1) is 0 Å². The van der Waals surface area contributed by atoms with Gasteiger partial charge in [0.15, 0.2) is 0 Å². The summed E-state index contributed by atoms with van der Waals surface area (Å²) in [4.78, 5) is 26.0. The molecule has 5 rings (SSSR count). The van der Waals surface area contributed by atoms with Crippen LogP contribution < -0.4 is 5.32 Å². The fourth-order valence-electron chi connectivity index (χ4n) is 4.17. The molecule has 0 unspecified atom stereocenters. The largest absolute Gasteiger partial charge is 0.322 e. The predicted molar refractivity (Wildman–Crippen MR) is 133 cm³/mol. The molecule has 34 heavy (non-hydrogen) atoms. The predicted octanol–water partition coefficient (Wildman–Crippen LogP) is 3.84. The number of benzene rings is 2. The first-order valence-corrected chi connectivity index (χ1v) is 11.6. The van der Waals surface area contributed by atoms with E-state index in [9.17, 15) is 4.79 Å². The third kappa shape index (κ3) is 5.57. The highest BCUT2D eigenvalue weighted by Gasteiger charge is 2.17. The fourth-order valence-corrected chi connectivity index (χ4v) is 4.17. The molecule has 0 radical (unpaired) electrons.